The second-order valence-corrected chi connectivity index (χ2v) is 10.3. The number of alkyl halides is 2. The fourth-order valence-electron chi connectivity index (χ4n) is 4.42. The third-order valence-electron chi connectivity index (χ3n) is 6.61. The maximum absolute atomic E-state index is 13.3. The SMILES string of the molecule is O=C(Cn1ccc2cccc([N+](=O)[O-])c21)O[C@@H](Cc1c(Cl)cncc1Cl)c1ccc(OC(F)F)c(OCC2CC2)c1. The molecule has 41 heavy (non-hydrogen) atoms. The summed E-state index contributed by atoms with van der Waals surface area (Å²) in [6.07, 6.45) is 5.36. The van der Waals surface area contributed by atoms with Gasteiger partial charge in [-0.2, -0.15) is 8.78 Å². The molecule has 2 aromatic heterocycles. The zero-order valence-electron chi connectivity index (χ0n) is 21.3. The highest BCUT2D eigenvalue weighted by Gasteiger charge is 2.26. The van der Waals surface area contributed by atoms with Crippen LogP contribution in [-0.2, 0) is 22.5 Å². The molecule has 0 spiro atoms. The molecule has 0 unspecified atom stereocenters. The third-order valence-corrected chi connectivity index (χ3v) is 7.26. The summed E-state index contributed by atoms with van der Waals surface area (Å²) in [6.45, 7) is -3.07. The van der Waals surface area contributed by atoms with Gasteiger partial charge in [0.15, 0.2) is 11.5 Å². The minimum atomic E-state index is -3.06. The van der Waals surface area contributed by atoms with E-state index < -0.39 is 23.6 Å². The zero-order chi connectivity index (χ0) is 29.1. The van der Waals surface area contributed by atoms with Crippen LogP contribution < -0.4 is 9.47 Å². The van der Waals surface area contributed by atoms with Crippen molar-refractivity contribution in [2.24, 2.45) is 5.92 Å². The number of para-hydroxylation sites is 1. The topological polar surface area (TPSA) is 106 Å². The lowest BCUT2D eigenvalue weighted by molar-refractivity contribution is -0.383. The molecule has 2 heterocycles. The number of esters is 1. The summed E-state index contributed by atoms with van der Waals surface area (Å²) >= 11 is 12.7. The number of ether oxygens (including phenoxy) is 3. The first-order chi connectivity index (χ1) is 19.7. The molecule has 1 saturated carbocycles. The molecule has 0 bridgehead atoms. The van der Waals surface area contributed by atoms with Crippen LogP contribution >= 0.6 is 23.2 Å². The molecule has 1 aliphatic rings. The molecule has 9 nitrogen and oxygen atoms in total. The van der Waals surface area contributed by atoms with E-state index in [-0.39, 0.29) is 45.7 Å². The highest BCUT2D eigenvalue weighted by atomic mass is 35.5. The minimum Gasteiger partial charge on any atom is -0.489 e. The first kappa shape index (κ1) is 28.6. The zero-order valence-corrected chi connectivity index (χ0v) is 22.9. The number of aromatic nitrogens is 2. The second kappa shape index (κ2) is 12.3. The van der Waals surface area contributed by atoms with Crippen LogP contribution in [0.2, 0.25) is 10.0 Å². The number of benzene rings is 2. The van der Waals surface area contributed by atoms with Crippen molar-refractivity contribution >= 4 is 45.8 Å². The van der Waals surface area contributed by atoms with E-state index in [9.17, 15) is 23.7 Å². The van der Waals surface area contributed by atoms with Gasteiger partial charge in [0.25, 0.3) is 5.69 Å². The monoisotopic (exact) mass is 605 g/mol. The van der Waals surface area contributed by atoms with Crippen molar-refractivity contribution in [3.8, 4) is 11.5 Å². The van der Waals surface area contributed by atoms with Gasteiger partial charge in [0, 0.05) is 36.5 Å². The number of non-ortho nitro benzene ring substituents is 1. The number of hydrogen-bond acceptors (Lipinski definition) is 7. The Bertz CT molecular complexity index is 1570. The normalized spacial score (nSPS) is 13.8. The van der Waals surface area contributed by atoms with Gasteiger partial charge in [-0.1, -0.05) is 41.4 Å². The summed E-state index contributed by atoms with van der Waals surface area (Å²) in [4.78, 5) is 28.3. The van der Waals surface area contributed by atoms with Crippen LogP contribution in [0, 0.1) is 16.0 Å². The maximum atomic E-state index is 13.3. The lowest BCUT2D eigenvalue weighted by Gasteiger charge is -2.22. The molecule has 4 aromatic rings. The number of nitro groups is 1. The van der Waals surface area contributed by atoms with Crippen LogP contribution in [0.1, 0.15) is 30.1 Å². The minimum absolute atomic E-state index is 0.0234. The van der Waals surface area contributed by atoms with Crippen molar-refractivity contribution in [3.05, 3.63) is 92.3 Å². The van der Waals surface area contributed by atoms with Gasteiger partial charge in [0.1, 0.15) is 18.2 Å². The van der Waals surface area contributed by atoms with Gasteiger partial charge >= 0.3 is 12.6 Å². The Hall–Kier alpha value is -3.96. The van der Waals surface area contributed by atoms with Gasteiger partial charge < -0.3 is 18.8 Å². The number of fused-ring (bicyclic) bond motifs is 1. The summed E-state index contributed by atoms with van der Waals surface area (Å²) in [6, 6.07) is 10.6. The van der Waals surface area contributed by atoms with E-state index in [2.05, 4.69) is 9.72 Å². The number of halogens is 4. The molecule has 13 heteroatoms. The first-order valence-corrected chi connectivity index (χ1v) is 13.4. The van der Waals surface area contributed by atoms with Crippen molar-refractivity contribution in [2.75, 3.05) is 6.61 Å². The molecule has 214 valence electrons. The number of rotatable bonds is 12. The average molecular weight is 606 g/mol. The summed E-state index contributed by atoms with van der Waals surface area (Å²) in [5.41, 5.74) is 0.990. The molecular formula is C28H23Cl2F2N3O6. The fraction of sp³-hybridized carbons (Fsp3) is 0.286. The van der Waals surface area contributed by atoms with Gasteiger partial charge in [0.05, 0.1) is 21.6 Å². The highest BCUT2D eigenvalue weighted by molar-refractivity contribution is 6.35. The Kier molecular flexibility index (Phi) is 8.55. The molecule has 0 aliphatic heterocycles. The molecule has 1 aliphatic carbocycles. The van der Waals surface area contributed by atoms with E-state index in [0.29, 0.717) is 29.0 Å². The fourth-order valence-corrected chi connectivity index (χ4v) is 4.94. The van der Waals surface area contributed by atoms with Crippen molar-refractivity contribution in [1.29, 1.82) is 0 Å². The number of nitro benzene ring substituents is 1. The molecule has 0 amide bonds. The standard InChI is InChI=1S/C28H23Cl2F2N3O6/c29-20-12-33-13-21(30)19(20)11-24(18-6-7-23(41-28(31)32)25(10-18)39-15-16-4-5-16)40-26(36)14-34-9-8-17-2-1-3-22(27(17)34)35(37)38/h1-3,6-10,12-13,16,24,28H,4-5,11,14-15H2/t24-/m0/s1. The van der Waals surface area contributed by atoms with E-state index in [4.69, 9.17) is 32.7 Å². The van der Waals surface area contributed by atoms with Crippen molar-refractivity contribution in [3.63, 3.8) is 0 Å². The Labute approximate surface area is 242 Å². The molecule has 0 saturated heterocycles. The molecule has 2 aromatic carbocycles. The second-order valence-electron chi connectivity index (χ2n) is 9.52. The van der Waals surface area contributed by atoms with Crippen molar-refractivity contribution < 1.29 is 32.7 Å². The third kappa shape index (κ3) is 6.86. The summed E-state index contributed by atoms with van der Waals surface area (Å²) in [5, 5.41) is 12.7. The maximum Gasteiger partial charge on any atom is 0.387 e. The van der Waals surface area contributed by atoms with E-state index in [1.54, 1.807) is 24.4 Å². The quantitative estimate of drug-likeness (QED) is 0.0957. The van der Waals surface area contributed by atoms with E-state index in [0.717, 1.165) is 12.8 Å². The molecule has 0 N–H and O–H groups in total. The van der Waals surface area contributed by atoms with Crippen LogP contribution in [-0.4, -0.2) is 33.7 Å². The van der Waals surface area contributed by atoms with Crippen LogP contribution in [0.25, 0.3) is 10.9 Å². The Morgan fingerprint density at radius 3 is 2.56 bits per heavy atom. The molecule has 5 rings (SSSR count). The number of pyridine rings is 1. The Balaban J connectivity index is 1.46. The van der Waals surface area contributed by atoms with Crippen molar-refractivity contribution in [1.82, 2.24) is 9.55 Å². The highest BCUT2D eigenvalue weighted by Crippen LogP contribution is 2.38. The van der Waals surface area contributed by atoms with Gasteiger partial charge in [-0.15, -0.1) is 0 Å². The summed E-state index contributed by atoms with van der Waals surface area (Å²) < 4.78 is 43.9. The molecule has 0 radical (unpaired) electrons. The van der Waals surface area contributed by atoms with Gasteiger partial charge in [-0.25, -0.2) is 0 Å². The number of carbonyl (C=O) groups is 1. The number of hydrogen-bond donors (Lipinski definition) is 0. The van der Waals surface area contributed by atoms with E-state index in [1.807, 2.05) is 0 Å². The first-order valence-electron chi connectivity index (χ1n) is 12.6. The van der Waals surface area contributed by atoms with Crippen LogP contribution in [0.5, 0.6) is 11.5 Å². The molecule has 1 atom stereocenters. The largest absolute Gasteiger partial charge is 0.489 e. The van der Waals surface area contributed by atoms with Gasteiger partial charge in [-0.3, -0.25) is 19.9 Å². The lowest BCUT2D eigenvalue weighted by Crippen LogP contribution is -2.19. The molecule has 1 fully saturated rings. The summed E-state index contributed by atoms with van der Waals surface area (Å²) in [7, 11) is 0. The Morgan fingerprint density at radius 1 is 1.12 bits per heavy atom. The average Bonchev–Trinajstić information content (AvgIpc) is 3.68. The predicted octanol–water partition coefficient (Wildman–Crippen LogP) is 7.17. The smallest absolute Gasteiger partial charge is 0.387 e. The van der Waals surface area contributed by atoms with Crippen LogP contribution in [0.15, 0.2) is 61.1 Å². The van der Waals surface area contributed by atoms with E-state index in [1.165, 1.54) is 41.2 Å². The van der Waals surface area contributed by atoms with Gasteiger partial charge in [-0.05, 0) is 48.1 Å². The number of nitrogens with zero attached hydrogens (tertiary/aromatic N) is 3. The van der Waals surface area contributed by atoms with E-state index >= 15 is 0 Å². The molecular weight excluding hydrogens is 583 g/mol. The Morgan fingerprint density at radius 2 is 1.88 bits per heavy atom. The van der Waals surface area contributed by atoms with Crippen LogP contribution in [0.4, 0.5) is 14.5 Å². The lowest BCUT2D eigenvalue weighted by atomic mass is 10.0. The summed E-state index contributed by atoms with van der Waals surface area (Å²) in [5.74, 6) is -0.447. The van der Waals surface area contributed by atoms with Crippen LogP contribution in [0.3, 0.4) is 0 Å². The van der Waals surface area contributed by atoms with Gasteiger partial charge in [0.2, 0.25) is 0 Å². The van der Waals surface area contributed by atoms with Crippen molar-refractivity contribution in [2.45, 2.75) is 38.5 Å². The predicted molar refractivity (Wildman–Crippen MR) is 147 cm³/mol. The number of carbonyl (C=O) groups excluding carboxylic acids is 1.